The SMILES string of the molecule is CCC12CCCC1C(C)CC2. The van der Waals surface area contributed by atoms with E-state index in [0.29, 0.717) is 0 Å². The quantitative estimate of drug-likeness (QED) is 0.538. The van der Waals surface area contributed by atoms with E-state index in [4.69, 9.17) is 0 Å². The van der Waals surface area contributed by atoms with Gasteiger partial charge in [-0.15, -0.1) is 0 Å². The molecular formula is C11H20. The lowest BCUT2D eigenvalue weighted by Gasteiger charge is -2.29. The molecule has 0 heteroatoms. The van der Waals surface area contributed by atoms with Gasteiger partial charge in [0, 0.05) is 0 Å². The molecule has 11 heavy (non-hydrogen) atoms. The third-order valence-corrected chi connectivity index (χ3v) is 4.46. The van der Waals surface area contributed by atoms with Gasteiger partial charge in [-0.3, -0.25) is 0 Å². The van der Waals surface area contributed by atoms with Crippen LogP contribution in [-0.2, 0) is 0 Å². The number of rotatable bonds is 1. The molecule has 0 aromatic rings. The molecule has 2 saturated carbocycles. The summed E-state index contributed by atoms with van der Waals surface area (Å²) in [4.78, 5) is 0. The summed E-state index contributed by atoms with van der Waals surface area (Å²) >= 11 is 0. The zero-order valence-electron chi connectivity index (χ0n) is 7.90. The fourth-order valence-corrected chi connectivity index (χ4v) is 3.70. The van der Waals surface area contributed by atoms with E-state index in [0.717, 1.165) is 17.3 Å². The van der Waals surface area contributed by atoms with Crippen LogP contribution < -0.4 is 0 Å². The van der Waals surface area contributed by atoms with Crippen LogP contribution in [0.3, 0.4) is 0 Å². The van der Waals surface area contributed by atoms with Crippen LogP contribution in [0.15, 0.2) is 0 Å². The third kappa shape index (κ3) is 0.947. The number of hydrogen-bond donors (Lipinski definition) is 0. The fraction of sp³-hybridized carbons (Fsp3) is 1.00. The predicted octanol–water partition coefficient (Wildman–Crippen LogP) is 3.61. The molecule has 3 atom stereocenters. The number of fused-ring (bicyclic) bond motifs is 1. The molecule has 2 fully saturated rings. The Labute approximate surface area is 70.4 Å². The van der Waals surface area contributed by atoms with Crippen LogP contribution >= 0.6 is 0 Å². The Bertz CT molecular complexity index is 150. The molecule has 0 aliphatic heterocycles. The second-order valence-electron chi connectivity index (χ2n) is 4.73. The van der Waals surface area contributed by atoms with E-state index in [1.54, 1.807) is 6.42 Å². The molecule has 2 aliphatic carbocycles. The summed E-state index contributed by atoms with van der Waals surface area (Å²) in [5, 5.41) is 0. The van der Waals surface area contributed by atoms with E-state index in [9.17, 15) is 0 Å². The molecule has 0 N–H and O–H groups in total. The van der Waals surface area contributed by atoms with Gasteiger partial charge in [0.2, 0.25) is 0 Å². The molecule has 0 nitrogen and oxygen atoms in total. The van der Waals surface area contributed by atoms with Gasteiger partial charge < -0.3 is 0 Å². The minimum atomic E-state index is 0.819. The predicted molar refractivity (Wildman–Crippen MR) is 48.5 cm³/mol. The molecule has 0 aromatic heterocycles. The average molecular weight is 152 g/mol. The molecule has 0 bridgehead atoms. The van der Waals surface area contributed by atoms with Crippen molar-refractivity contribution >= 4 is 0 Å². The first-order chi connectivity index (χ1) is 5.28. The summed E-state index contributed by atoms with van der Waals surface area (Å²) in [6.07, 6.45) is 9.09. The summed E-state index contributed by atoms with van der Waals surface area (Å²) < 4.78 is 0. The van der Waals surface area contributed by atoms with Crippen molar-refractivity contribution in [3.8, 4) is 0 Å². The largest absolute Gasteiger partial charge is 0.0648 e. The maximum Gasteiger partial charge on any atom is -0.0269 e. The van der Waals surface area contributed by atoms with Gasteiger partial charge >= 0.3 is 0 Å². The summed E-state index contributed by atoms with van der Waals surface area (Å²) in [6.45, 7) is 4.86. The van der Waals surface area contributed by atoms with E-state index in [2.05, 4.69) is 13.8 Å². The maximum atomic E-state index is 2.47. The zero-order valence-corrected chi connectivity index (χ0v) is 7.90. The average Bonchev–Trinajstić information content (AvgIpc) is 2.53. The highest BCUT2D eigenvalue weighted by molar-refractivity contribution is 4.98. The molecule has 2 aliphatic rings. The Morgan fingerprint density at radius 3 is 2.73 bits per heavy atom. The van der Waals surface area contributed by atoms with Crippen molar-refractivity contribution in [3.63, 3.8) is 0 Å². The van der Waals surface area contributed by atoms with E-state index in [1.165, 1.54) is 32.1 Å². The van der Waals surface area contributed by atoms with Crippen molar-refractivity contribution in [2.45, 2.75) is 52.4 Å². The van der Waals surface area contributed by atoms with Gasteiger partial charge in [-0.25, -0.2) is 0 Å². The highest BCUT2D eigenvalue weighted by atomic mass is 14.5. The minimum absolute atomic E-state index is 0.819. The van der Waals surface area contributed by atoms with Crippen molar-refractivity contribution in [2.75, 3.05) is 0 Å². The molecule has 0 radical (unpaired) electrons. The fourth-order valence-electron chi connectivity index (χ4n) is 3.70. The van der Waals surface area contributed by atoms with Crippen LogP contribution in [0.25, 0.3) is 0 Å². The van der Waals surface area contributed by atoms with Gasteiger partial charge in [-0.1, -0.05) is 26.7 Å². The van der Waals surface area contributed by atoms with Crippen LogP contribution in [-0.4, -0.2) is 0 Å². The Morgan fingerprint density at radius 2 is 2.09 bits per heavy atom. The molecule has 2 rings (SSSR count). The van der Waals surface area contributed by atoms with E-state index in [1.807, 2.05) is 0 Å². The first-order valence-corrected chi connectivity index (χ1v) is 5.28. The summed E-state index contributed by atoms with van der Waals surface area (Å²) in [5.74, 6) is 2.14. The summed E-state index contributed by atoms with van der Waals surface area (Å²) in [7, 11) is 0. The van der Waals surface area contributed by atoms with Crippen LogP contribution in [0.1, 0.15) is 52.4 Å². The van der Waals surface area contributed by atoms with Gasteiger partial charge in [0.15, 0.2) is 0 Å². The van der Waals surface area contributed by atoms with Crippen LogP contribution in [0, 0.1) is 17.3 Å². The van der Waals surface area contributed by atoms with Crippen LogP contribution in [0.2, 0.25) is 0 Å². The molecule has 0 amide bonds. The van der Waals surface area contributed by atoms with Gasteiger partial charge in [0.25, 0.3) is 0 Å². The lowest BCUT2D eigenvalue weighted by molar-refractivity contribution is 0.208. The van der Waals surface area contributed by atoms with Gasteiger partial charge in [0.05, 0.1) is 0 Å². The Kier molecular flexibility index (Phi) is 1.74. The maximum absolute atomic E-state index is 2.47. The minimum Gasteiger partial charge on any atom is -0.0648 e. The molecule has 64 valence electrons. The Hall–Kier alpha value is 0. The van der Waals surface area contributed by atoms with Gasteiger partial charge in [0.1, 0.15) is 0 Å². The summed E-state index contributed by atoms with van der Waals surface area (Å²) in [6, 6.07) is 0. The van der Waals surface area contributed by atoms with Gasteiger partial charge in [-0.05, 0) is 42.9 Å². The standard InChI is InChI=1S/C11H20/c1-3-11-7-4-5-10(11)9(2)6-8-11/h9-10H,3-8H2,1-2H3. The normalized spacial score (nSPS) is 49.6. The lowest BCUT2D eigenvalue weighted by Crippen LogP contribution is -2.20. The molecule has 0 spiro atoms. The van der Waals surface area contributed by atoms with Crippen LogP contribution in [0.4, 0.5) is 0 Å². The highest BCUT2D eigenvalue weighted by Crippen LogP contribution is 2.58. The first kappa shape index (κ1) is 7.64. The first-order valence-electron chi connectivity index (χ1n) is 5.28. The Balaban J connectivity index is 2.18. The summed E-state index contributed by atoms with van der Waals surface area (Å²) in [5.41, 5.74) is 0.819. The van der Waals surface area contributed by atoms with Gasteiger partial charge in [-0.2, -0.15) is 0 Å². The molecule has 3 unspecified atom stereocenters. The number of hydrogen-bond acceptors (Lipinski definition) is 0. The topological polar surface area (TPSA) is 0 Å². The van der Waals surface area contributed by atoms with Crippen molar-refractivity contribution in [2.24, 2.45) is 17.3 Å². The van der Waals surface area contributed by atoms with Crippen molar-refractivity contribution < 1.29 is 0 Å². The van der Waals surface area contributed by atoms with Crippen molar-refractivity contribution in [1.82, 2.24) is 0 Å². The molecule has 0 aromatic carbocycles. The molecule has 0 heterocycles. The Morgan fingerprint density at radius 1 is 1.27 bits per heavy atom. The van der Waals surface area contributed by atoms with E-state index in [-0.39, 0.29) is 0 Å². The van der Waals surface area contributed by atoms with E-state index < -0.39 is 0 Å². The van der Waals surface area contributed by atoms with Crippen LogP contribution in [0.5, 0.6) is 0 Å². The highest BCUT2D eigenvalue weighted by Gasteiger charge is 2.47. The third-order valence-electron chi connectivity index (χ3n) is 4.46. The van der Waals surface area contributed by atoms with E-state index >= 15 is 0 Å². The molecular weight excluding hydrogens is 132 g/mol. The zero-order chi connectivity index (χ0) is 7.90. The smallest absolute Gasteiger partial charge is 0.0269 e. The second kappa shape index (κ2) is 2.50. The monoisotopic (exact) mass is 152 g/mol. The second-order valence-corrected chi connectivity index (χ2v) is 4.73. The van der Waals surface area contributed by atoms with Crippen molar-refractivity contribution in [3.05, 3.63) is 0 Å². The molecule has 0 saturated heterocycles. The van der Waals surface area contributed by atoms with Crippen molar-refractivity contribution in [1.29, 1.82) is 0 Å². The lowest BCUT2D eigenvalue weighted by atomic mass is 9.76.